The zero-order chi connectivity index (χ0) is 10.7. The molecule has 0 aromatic carbocycles. The molecule has 1 rings (SSSR count). The molecule has 14 heavy (non-hydrogen) atoms. The second-order valence-electron chi connectivity index (χ2n) is 2.40. The molecule has 6 heteroatoms. The maximum Gasteiger partial charge on any atom is 0.280 e. The van der Waals surface area contributed by atoms with Crippen LogP contribution >= 0.6 is 38.5 Å². The fourth-order valence-electron chi connectivity index (χ4n) is 0.929. The van der Waals surface area contributed by atoms with Crippen LogP contribution in [-0.4, -0.2) is 4.98 Å². The largest absolute Gasteiger partial charge is 0.280 e. The molecule has 0 aliphatic heterocycles. The molecule has 0 atom stereocenters. The first-order valence-electron chi connectivity index (χ1n) is 3.53. The third-order valence-electron chi connectivity index (χ3n) is 1.56. The fourth-order valence-corrected chi connectivity index (χ4v) is 2.80. The van der Waals surface area contributed by atoms with E-state index in [1.165, 1.54) is 6.07 Å². The van der Waals surface area contributed by atoms with Crippen LogP contribution in [0.25, 0.3) is 0 Å². The summed E-state index contributed by atoms with van der Waals surface area (Å²) in [5.41, 5.74) is 0.152. The standard InChI is InChI=1S/C8H4BrF2IN2/c9-2-5-6(12)1-4(3-13)14-7(5)8(10)11/h1,8H,2H2. The maximum absolute atomic E-state index is 12.5. The summed E-state index contributed by atoms with van der Waals surface area (Å²) in [6, 6.07) is 3.24. The van der Waals surface area contributed by atoms with Gasteiger partial charge in [0.2, 0.25) is 0 Å². The summed E-state index contributed by atoms with van der Waals surface area (Å²) in [5.74, 6) is 0. The molecule has 0 unspecified atom stereocenters. The number of nitrogens with zero attached hydrogens (tertiary/aromatic N) is 2. The molecule has 0 amide bonds. The van der Waals surface area contributed by atoms with Crippen molar-refractivity contribution in [2.75, 3.05) is 0 Å². The minimum Gasteiger partial charge on any atom is -0.236 e. The van der Waals surface area contributed by atoms with Gasteiger partial charge in [-0.15, -0.1) is 0 Å². The highest BCUT2D eigenvalue weighted by Gasteiger charge is 2.17. The molecule has 0 spiro atoms. The zero-order valence-corrected chi connectivity index (χ0v) is 10.5. The summed E-state index contributed by atoms with van der Waals surface area (Å²) in [6.45, 7) is 0. The van der Waals surface area contributed by atoms with Crippen molar-refractivity contribution in [3.05, 3.63) is 26.6 Å². The van der Waals surface area contributed by atoms with Gasteiger partial charge in [-0.2, -0.15) is 5.26 Å². The Morgan fingerprint density at radius 3 is 2.71 bits per heavy atom. The number of hydrogen-bond acceptors (Lipinski definition) is 2. The van der Waals surface area contributed by atoms with Gasteiger partial charge in [-0.25, -0.2) is 13.8 Å². The second kappa shape index (κ2) is 4.98. The average Bonchev–Trinajstić information content (AvgIpc) is 2.16. The molecule has 0 bridgehead atoms. The summed E-state index contributed by atoms with van der Waals surface area (Å²) in [7, 11) is 0. The van der Waals surface area contributed by atoms with E-state index in [-0.39, 0.29) is 11.4 Å². The predicted molar refractivity (Wildman–Crippen MR) is 59.3 cm³/mol. The summed E-state index contributed by atoms with van der Waals surface area (Å²) < 4.78 is 25.7. The fraction of sp³-hybridized carbons (Fsp3) is 0.250. The second-order valence-corrected chi connectivity index (χ2v) is 4.12. The molecule has 74 valence electrons. The molecule has 0 saturated carbocycles. The lowest BCUT2D eigenvalue weighted by atomic mass is 10.2. The summed E-state index contributed by atoms with van der Waals surface area (Å²) >= 11 is 5.03. The monoisotopic (exact) mass is 372 g/mol. The van der Waals surface area contributed by atoms with Crippen LogP contribution in [0.5, 0.6) is 0 Å². The van der Waals surface area contributed by atoms with E-state index in [1.54, 1.807) is 6.07 Å². The first-order valence-corrected chi connectivity index (χ1v) is 5.73. The van der Waals surface area contributed by atoms with Crippen LogP contribution < -0.4 is 0 Å². The Labute approximate surface area is 102 Å². The highest BCUT2D eigenvalue weighted by atomic mass is 127. The van der Waals surface area contributed by atoms with Crippen molar-refractivity contribution in [2.45, 2.75) is 11.8 Å². The first kappa shape index (κ1) is 11.8. The molecule has 0 aliphatic rings. The molecule has 1 aromatic heterocycles. The van der Waals surface area contributed by atoms with Crippen LogP contribution in [0.2, 0.25) is 0 Å². The van der Waals surface area contributed by atoms with Gasteiger partial charge in [0.05, 0.1) is 0 Å². The number of rotatable bonds is 2. The lowest BCUT2D eigenvalue weighted by Crippen LogP contribution is -2.01. The van der Waals surface area contributed by atoms with E-state index >= 15 is 0 Å². The number of pyridine rings is 1. The number of alkyl halides is 3. The molecule has 0 aliphatic carbocycles. The number of halogens is 4. The minimum atomic E-state index is -2.65. The van der Waals surface area contributed by atoms with Crippen LogP contribution in [0.1, 0.15) is 23.4 Å². The Kier molecular flexibility index (Phi) is 4.19. The van der Waals surface area contributed by atoms with Gasteiger partial charge in [0.1, 0.15) is 17.5 Å². The van der Waals surface area contributed by atoms with E-state index in [0.29, 0.717) is 14.5 Å². The van der Waals surface area contributed by atoms with Crippen molar-refractivity contribution >= 4 is 38.5 Å². The Morgan fingerprint density at radius 1 is 1.64 bits per heavy atom. The van der Waals surface area contributed by atoms with Gasteiger partial charge in [0.25, 0.3) is 6.43 Å². The molecule has 1 heterocycles. The molecule has 0 radical (unpaired) electrons. The van der Waals surface area contributed by atoms with Crippen LogP contribution in [0, 0.1) is 14.9 Å². The van der Waals surface area contributed by atoms with Gasteiger partial charge in [-0.05, 0) is 28.7 Å². The third-order valence-corrected chi connectivity index (χ3v) is 3.08. The maximum atomic E-state index is 12.5. The normalized spacial score (nSPS) is 10.3. The van der Waals surface area contributed by atoms with E-state index in [9.17, 15) is 8.78 Å². The summed E-state index contributed by atoms with van der Waals surface area (Å²) in [5, 5.41) is 8.87. The van der Waals surface area contributed by atoms with E-state index in [4.69, 9.17) is 5.26 Å². The molecule has 2 nitrogen and oxygen atoms in total. The van der Waals surface area contributed by atoms with Crippen LogP contribution in [0.3, 0.4) is 0 Å². The van der Waals surface area contributed by atoms with Crippen molar-refractivity contribution in [3.8, 4) is 6.07 Å². The molecule has 1 aromatic rings. The Balaban J connectivity index is 3.37. The topological polar surface area (TPSA) is 36.7 Å². The van der Waals surface area contributed by atoms with Gasteiger partial charge in [0.15, 0.2) is 0 Å². The number of nitriles is 1. The van der Waals surface area contributed by atoms with Crippen LogP contribution in [0.4, 0.5) is 8.78 Å². The molecule has 0 fully saturated rings. The highest BCUT2D eigenvalue weighted by Crippen LogP contribution is 2.27. The van der Waals surface area contributed by atoms with Crippen LogP contribution in [-0.2, 0) is 5.33 Å². The van der Waals surface area contributed by atoms with E-state index in [0.717, 1.165) is 0 Å². The number of aromatic nitrogens is 1. The summed E-state index contributed by atoms with van der Waals surface area (Å²) in [4.78, 5) is 3.58. The van der Waals surface area contributed by atoms with Gasteiger partial charge >= 0.3 is 0 Å². The molecule has 0 N–H and O–H groups in total. The molecule has 0 saturated heterocycles. The Morgan fingerprint density at radius 2 is 2.29 bits per heavy atom. The van der Waals surface area contributed by atoms with Crippen molar-refractivity contribution < 1.29 is 8.78 Å². The lowest BCUT2D eigenvalue weighted by molar-refractivity contribution is 0.145. The average molecular weight is 373 g/mol. The highest BCUT2D eigenvalue weighted by molar-refractivity contribution is 14.1. The first-order chi connectivity index (χ1) is 6.60. The zero-order valence-electron chi connectivity index (χ0n) is 6.77. The van der Waals surface area contributed by atoms with E-state index in [1.807, 2.05) is 22.6 Å². The van der Waals surface area contributed by atoms with Gasteiger partial charge in [0, 0.05) is 14.5 Å². The Bertz CT molecular complexity index is 390. The number of hydrogen-bond donors (Lipinski definition) is 0. The van der Waals surface area contributed by atoms with Crippen LogP contribution in [0.15, 0.2) is 6.07 Å². The smallest absolute Gasteiger partial charge is 0.236 e. The minimum absolute atomic E-state index is 0.0226. The van der Waals surface area contributed by atoms with Gasteiger partial charge in [-0.3, -0.25) is 0 Å². The van der Waals surface area contributed by atoms with Gasteiger partial charge in [-0.1, -0.05) is 15.9 Å². The quantitative estimate of drug-likeness (QED) is 0.589. The third kappa shape index (κ3) is 2.39. The lowest BCUT2D eigenvalue weighted by Gasteiger charge is -2.07. The van der Waals surface area contributed by atoms with Crippen molar-refractivity contribution in [1.29, 1.82) is 5.26 Å². The van der Waals surface area contributed by atoms with Crippen molar-refractivity contribution in [2.24, 2.45) is 0 Å². The van der Waals surface area contributed by atoms with E-state index in [2.05, 4.69) is 20.9 Å². The molecular weight excluding hydrogens is 369 g/mol. The van der Waals surface area contributed by atoms with Gasteiger partial charge < -0.3 is 0 Å². The SMILES string of the molecule is N#Cc1cc(I)c(CBr)c(C(F)F)n1. The van der Waals surface area contributed by atoms with Crippen molar-refractivity contribution in [1.82, 2.24) is 4.98 Å². The van der Waals surface area contributed by atoms with E-state index < -0.39 is 6.43 Å². The molecular formula is C8H4BrF2IN2. The Hall–Kier alpha value is -0.290. The van der Waals surface area contributed by atoms with Crippen molar-refractivity contribution in [3.63, 3.8) is 0 Å². The predicted octanol–water partition coefficient (Wildman–Crippen LogP) is 3.39. The summed E-state index contributed by atoms with van der Waals surface area (Å²) in [6.07, 6.45) is -2.65.